The van der Waals surface area contributed by atoms with E-state index < -0.39 is 17.2 Å². The molecule has 0 aliphatic carbocycles. The van der Waals surface area contributed by atoms with Gasteiger partial charge in [-0.25, -0.2) is 13.9 Å². The van der Waals surface area contributed by atoms with Crippen molar-refractivity contribution in [2.24, 2.45) is 0 Å². The average Bonchev–Trinajstić information content (AvgIpc) is 2.49. The Morgan fingerprint density at radius 2 is 2.00 bits per heavy atom. The Morgan fingerprint density at radius 3 is 2.73 bits per heavy atom. The molecule has 3 aromatic rings. The number of H-pyrrole nitrogens is 1. The Morgan fingerprint density at radius 1 is 1.27 bits per heavy atom. The van der Waals surface area contributed by atoms with Crippen molar-refractivity contribution in [2.75, 3.05) is 5.32 Å². The lowest BCUT2D eigenvalue weighted by Crippen LogP contribution is -2.13. The standard InChI is InChI=1S/C15H10ClF2N3O/c1-7-8-6-10(17)13(18)14(12(8)15(22)21-20-7)19-11-5-3-2-4-9(11)16/h2-6,19H,1H3,(H,21,22). The van der Waals surface area contributed by atoms with Gasteiger partial charge in [0.25, 0.3) is 5.56 Å². The van der Waals surface area contributed by atoms with Crippen molar-refractivity contribution in [3.8, 4) is 0 Å². The maximum atomic E-state index is 14.2. The molecule has 0 aliphatic rings. The molecule has 22 heavy (non-hydrogen) atoms. The van der Waals surface area contributed by atoms with Gasteiger partial charge in [0, 0.05) is 5.39 Å². The van der Waals surface area contributed by atoms with Crippen LogP contribution in [0.15, 0.2) is 35.1 Å². The first-order valence-electron chi connectivity index (χ1n) is 6.37. The van der Waals surface area contributed by atoms with E-state index in [0.29, 0.717) is 16.4 Å². The molecule has 0 unspecified atom stereocenters. The molecule has 7 heteroatoms. The van der Waals surface area contributed by atoms with Gasteiger partial charge in [-0.2, -0.15) is 5.10 Å². The number of fused-ring (bicyclic) bond motifs is 1. The van der Waals surface area contributed by atoms with E-state index in [0.717, 1.165) is 6.07 Å². The summed E-state index contributed by atoms with van der Waals surface area (Å²) in [7, 11) is 0. The number of aryl methyl sites for hydroxylation is 1. The van der Waals surface area contributed by atoms with Crippen molar-refractivity contribution in [3.05, 3.63) is 63.0 Å². The van der Waals surface area contributed by atoms with Crippen LogP contribution >= 0.6 is 11.6 Å². The fraction of sp³-hybridized carbons (Fsp3) is 0.0667. The summed E-state index contributed by atoms with van der Waals surface area (Å²) in [6.45, 7) is 1.59. The molecule has 3 rings (SSSR count). The van der Waals surface area contributed by atoms with E-state index in [2.05, 4.69) is 15.5 Å². The summed E-state index contributed by atoms with van der Waals surface area (Å²) in [4.78, 5) is 12.0. The van der Waals surface area contributed by atoms with Gasteiger partial charge in [-0.1, -0.05) is 23.7 Å². The highest BCUT2D eigenvalue weighted by atomic mass is 35.5. The number of benzene rings is 2. The molecule has 0 amide bonds. The average molecular weight is 322 g/mol. The molecule has 0 spiro atoms. The molecule has 0 bridgehead atoms. The molecule has 0 aliphatic heterocycles. The second kappa shape index (κ2) is 5.38. The number of nitrogens with one attached hydrogen (secondary N) is 2. The molecule has 0 saturated heterocycles. The molecular weight excluding hydrogens is 312 g/mol. The molecular formula is C15H10ClF2N3O. The quantitative estimate of drug-likeness (QED) is 0.752. The highest BCUT2D eigenvalue weighted by Crippen LogP contribution is 2.32. The van der Waals surface area contributed by atoms with Gasteiger partial charge in [-0.15, -0.1) is 0 Å². The normalized spacial score (nSPS) is 10.9. The number of halogens is 3. The highest BCUT2D eigenvalue weighted by molar-refractivity contribution is 6.33. The predicted octanol–water partition coefficient (Wildman–Crippen LogP) is 3.91. The molecule has 2 N–H and O–H groups in total. The number of rotatable bonds is 2. The summed E-state index contributed by atoms with van der Waals surface area (Å²) < 4.78 is 28.0. The van der Waals surface area contributed by atoms with E-state index in [9.17, 15) is 13.6 Å². The molecule has 0 fully saturated rings. The second-order valence-corrected chi connectivity index (χ2v) is 5.12. The molecule has 0 saturated carbocycles. The Hall–Kier alpha value is -2.47. The smallest absolute Gasteiger partial charge is 0.274 e. The van der Waals surface area contributed by atoms with Crippen LogP contribution in [0.3, 0.4) is 0 Å². The summed E-state index contributed by atoms with van der Waals surface area (Å²) in [5, 5.41) is 9.27. The van der Waals surface area contributed by atoms with E-state index in [4.69, 9.17) is 11.6 Å². The van der Waals surface area contributed by atoms with E-state index in [1.807, 2.05) is 0 Å². The SMILES string of the molecule is Cc1n[nH]c(=O)c2c(Nc3ccccc3Cl)c(F)c(F)cc12. The summed E-state index contributed by atoms with van der Waals surface area (Å²) in [5.41, 5.74) is -0.136. The number of aromatic nitrogens is 2. The topological polar surface area (TPSA) is 57.8 Å². The lowest BCUT2D eigenvalue weighted by Gasteiger charge is -2.13. The number of hydrogen-bond acceptors (Lipinski definition) is 3. The Labute approximate surface area is 128 Å². The summed E-state index contributed by atoms with van der Waals surface area (Å²) in [5.74, 6) is -2.22. The van der Waals surface area contributed by atoms with Gasteiger partial charge in [0.05, 0.1) is 27.5 Å². The Bertz CT molecular complexity index is 940. The minimum Gasteiger partial charge on any atom is -0.351 e. The van der Waals surface area contributed by atoms with Crippen LogP contribution in [-0.4, -0.2) is 10.2 Å². The summed E-state index contributed by atoms with van der Waals surface area (Å²) in [6, 6.07) is 7.54. The maximum absolute atomic E-state index is 14.2. The lowest BCUT2D eigenvalue weighted by atomic mass is 10.1. The first kappa shape index (κ1) is 14.5. The van der Waals surface area contributed by atoms with Crippen LogP contribution in [-0.2, 0) is 0 Å². The molecule has 0 radical (unpaired) electrons. The van der Waals surface area contributed by atoms with Crippen LogP contribution in [0.4, 0.5) is 20.2 Å². The zero-order valence-corrected chi connectivity index (χ0v) is 12.1. The molecule has 4 nitrogen and oxygen atoms in total. The van der Waals surface area contributed by atoms with Gasteiger partial charge in [0.2, 0.25) is 0 Å². The van der Waals surface area contributed by atoms with Crippen molar-refractivity contribution in [3.63, 3.8) is 0 Å². The molecule has 2 aromatic carbocycles. The van der Waals surface area contributed by atoms with Crippen LogP contribution in [0.2, 0.25) is 5.02 Å². The summed E-state index contributed by atoms with van der Waals surface area (Å²) >= 11 is 6.01. The monoisotopic (exact) mass is 321 g/mol. The number of hydrogen-bond donors (Lipinski definition) is 2. The van der Waals surface area contributed by atoms with Crippen LogP contribution < -0.4 is 10.9 Å². The predicted molar refractivity (Wildman–Crippen MR) is 81.8 cm³/mol. The number of anilines is 2. The third-order valence-electron chi connectivity index (χ3n) is 3.30. The van der Waals surface area contributed by atoms with Gasteiger partial charge >= 0.3 is 0 Å². The van der Waals surface area contributed by atoms with Gasteiger partial charge in [-0.3, -0.25) is 4.79 Å². The highest BCUT2D eigenvalue weighted by Gasteiger charge is 2.18. The number of aromatic amines is 1. The first-order chi connectivity index (χ1) is 10.5. The van der Waals surface area contributed by atoms with Crippen LogP contribution in [0.5, 0.6) is 0 Å². The molecule has 0 atom stereocenters. The largest absolute Gasteiger partial charge is 0.351 e. The van der Waals surface area contributed by atoms with E-state index in [1.54, 1.807) is 31.2 Å². The van der Waals surface area contributed by atoms with Gasteiger partial charge in [0.15, 0.2) is 11.6 Å². The molecule has 1 heterocycles. The fourth-order valence-electron chi connectivity index (χ4n) is 2.21. The van der Waals surface area contributed by atoms with Gasteiger partial charge < -0.3 is 5.32 Å². The summed E-state index contributed by atoms with van der Waals surface area (Å²) in [6.07, 6.45) is 0. The zero-order valence-electron chi connectivity index (χ0n) is 11.4. The van der Waals surface area contributed by atoms with E-state index in [-0.39, 0.29) is 16.5 Å². The third kappa shape index (κ3) is 2.31. The Kier molecular flexibility index (Phi) is 3.54. The van der Waals surface area contributed by atoms with E-state index >= 15 is 0 Å². The zero-order chi connectivity index (χ0) is 15.9. The van der Waals surface area contributed by atoms with Gasteiger partial charge in [0.1, 0.15) is 0 Å². The van der Waals surface area contributed by atoms with Crippen LogP contribution in [0.25, 0.3) is 10.8 Å². The van der Waals surface area contributed by atoms with Crippen molar-refractivity contribution in [1.29, 1.82) is 0 Å². The second-order valence-electron chi connectivity index (χ2n) is 4.71. The van der Waals surface area contributed by atoms with Crippen molar-refractivity contribution < 1.29 is 8.78 Å². The number of para-hydroxylation sites is 1. The minimum atomic E-state index is -1.15. The van der Waals surface area contributed by atoms with Gasteiger partial charge in [-0.05, 0) is 25.1 Å². The first-order valence-corrected chi connectivity index (χ1v) is 6.75. The third-order valence-corrected chi connectivity index (χ3v) is 3.62. The maximum Gasteiger partial charge on any atom is 0.274 e. The molecule has 112 valence electrons. The van der Waals surface area contributed by atoms with Crippen molar-refractivity contribution in [2.45, 2.75) is 6.92 Å². The van der Waals surface area contributed by atoms with Crippen LogP contribution in [0, 0.1) is 18.6 Å². The molecule has 1 aromatic heterocycles. The lowest BCUT2D eigenvalue weighted by molar-refractivity contribution is 0.513. The van der Waals surface area contributed by atoms with Crippen molar-refractivity contribution in [1.82, 2.24) is 10.2 Å². The van der Waals surface area contributed by atoms with Crippen molar-refractivity contribution >= 4 is 33.7 Å². The van der Waals surface area contributed by atoms with Crippen LogP contribution in [0.1, 0.15) is 5.69 Å². The Balaban J connectivity index is 2.33. The minimum absolute atomic E-state index is 0.00804. The number of nitrogens with zero attached hydrogens (tertiary/aromatic N) is 1. The van der Waals surface area contributed by atoms with E-state index in [1.165, 1.54) is 0 Å². The fourth-order valence-corrected chi connectivity index (χ4v) is 2.40.